The third-order valence-corrected chi connectivity index (χ3v) is 5.67. The molecule has 0 amide bonds. The van der Waals surface area contributed by atoms with Crippen molar-refractivity contribution in [2.75, 3.05) is 13.1 Å². The summed E-state index contributed by atoms with van der Waals surface area (Å²) in [6.45, 7) is 9.02. The quantitative estimate of drug-likeness (QED) is 0.859. The van der Waals surface area contributed by atoms with Crippen molar-refractivity contribution < 1.29 is 0 Å². The summed E-state index contributed by atoms with van der Waals surface area (Å²) in [6, 6.07) is 0. The fourth-order valence-electron chi connectivity index (χ4n) is 3.79. The number of nitrogens with zero attached hydrogens (tertiary/aromatic N) is 1. The van der Waals surface area contributed by atoms with Crippen molar-refractivity contribution in [2.24, 2.45) is 23.2 Å². The van der Waals surface area contributed by atoms with Gasteiger partial charge in [0.2, 0.25) is 0 Å². The summed E-state index contributed by atoms with van der Waals surface area (Å²) in [6.07, 6.45) is 5.56. The number of aryl methyl sites for hydroxylation is 1. The van der Waals surface area contributed by atoms with Gasteiger partial charge in [-0.15, -0.1) is 11.3 Å². The van der Waals surface area contributed by atoms with E-state index in [0.29, 0.717) is 5.41 Å². The van der Waals surface area contributed by atoms with Crippen LogP contribution >= 0.6 is 11.3 Å². The number of nitrogens with one attached hydrogen (secondary N) is 1. The molecule has 0 spiro atoms. The van der Waals surface area contributed by atoms with Crippen LogP contribution in [0.2, 0.25) is 0 Å². The Morgan fingerprint density at radius 3 is 2.74 bits per heavy atom. The van der Waals surface area contributed by atoms with Gasteiger partial charge in [-0.3, -0.25) is 0 Å². The van der Waals surface area contributed by atoms with Crippen LogP contribution in [0.5, 0.6) is 0 Å². The second-order valence-electron chi connectivity index (χ2n) is 7.25. The number of hydrogen-bond acceptors (Lipinski definition) is 3. The maximum absolute atomic E-state index is 4.69. The molecule has 0 aliphatic heterocycles. The van der Waals surface area contributed by atoms with E-state index in [2.05, 4.69) is 31.5 Å². The van der Waals surface area contributed by atoms with Gasteiger partial charge in [0.25, 0.3) is 0 Å². The van der Waals surface area contributed by atoms with E-state index in [-0.39, 0.29) is 0 Å². The normalized spacial score (nSPS) is 32.8. The van der Waals surface area contributed by atoms with Crippen molar-refractivity contribution in [2.45, 2.75) is 46.5 Å². The topological polar surface area (TPSA) is 24.9 Å². The second-order valence-corrected chi connectivity index (χ2v) is 8.19. The van der Waals surface area contributed by atoms with Crippen molar-refractivity contribution in [3.8, 4) is 0 Å². The molecule has 2 saturated carbocycles. The predicted molar refractivity (Wildman–Crippen MR) is 81.5 cm³/mol. The molecule has 0 aromatic carbocycles. The Hall–Kier alpha value is -0.410. The fourth-order valence-corrected chi connectivity index (χ4v) is 4.73. The first-order chi connectivity index (χ1) is 9.06. The van der Waals surface area contributed by atoms with Gasteiger partial charge in [-0.1, -0.05) is 13.8 Å². The first kappa shape index (κ1) is 13.6. The molecule has 0 radical (unpaired) electrons. The summed E-state index contributed by atoms with van der Waals surface area (Å²) in [5, 5.41) is 7.26. The van der Waals surface area contributed by atoms with Crippen LogP contribution in [0.3, 0.4) is 0 Å². The maximum Gasteiger partial charge on any atom is 0.0934 e. The van der Waals surface area contributed by atoms with E-state index in [1.807, 2.05) is 11.3 Å². The minimum Gasteiger partial charge on any atom is -0.316 e. The molecule has 2 aliphatic rings. The first-order valence-electron chi connectivity index (χ1n) is 7.68. The summed E-state index contributed by atoms with van der Waals surface area (Å²) >= 11 is 1.85. The number of rotatable bonds is 6. The first-order valence-corrected chi connectivity index (χ1v) is 8.56. The lowest BCUT2D eigenvalue weighted by Crippen LogP contribution is -2.36. The van der Waals surface area contributed by atoms with Crippen molar-refractivity contribution in [1.29, 1.82) is 0 Å². The van der Waals surface area contributed by atoms with Gasteiger partial charge >= 0.3 is 0 Å². The Labute approximate surface area is 121 Å². The monoisotopic (exact) mass is 278 g/mol. The average molecular weight is 278 g/mol. The van der Waals surface area contributed by atoms with Crippen LogP contribution in [0.25, 0.3) is 0 Å². The van der Waals surface area contributed by atoms with Crippen molar-refractivity contribution >= 4 is 11.3 Å². The van der Waals surface area contributed by atoms with Crippen LogP contribution < -0.4 is 5.32 Å². The second kappa shape index (κ2) is 5.17. The SMILES string of the molecule is Cc1csc(CC2(CNCC(C)C)CC3CC3C2)n1. The molecule has 3 rings (SSSR count). The molecular formula is C16H26N2S. The molecule has 2 fully saturated rings. The summed E-state index contributed by atoms with van der Waals surface area (Å²) < 4.78 is 0. The van der Waals surface area contributed by atoms with Gasteiger partial charge in [0.05, 0.1) is 5.01 Å². The Morgan fingerprint density at radius 2 is 2.16 bits per heavy atom. The van der Waals surface area contributed by atoms with Crippen LogP contribution in [0.4, 0.5) is 0 Å². The lowest BCUT2D eigenvalue weighted by atomic mass is 9.79. The highest BCUT2D eigenvalue weighted by molar-refractivity contribution is 7.09. The lowest BCUT2D eigenvalue weighted by Gasteiger charge is -2.31. The number of thiazole rings is 1. The third kappa shape index (κ3) is 3.19. The largest absolute Gasteiger partial charge is 0.316 e. The standard InChI is InChI=1S/C16H26N2S/c1-11(2)8-17-10-16(5-13-4-14(13)6-16)7-15-18-12(3)9-19-15/h9,11,13-14,17H,4-8,10H2,1-3H3. The zero-order valence-corrected chi connectivity index (χ0v) is 13.2. The van der Waals surface area contributed by atoms with Gasteiger partial charge in [-0.05, 0) is 55.9 Å². The molecule has 1 heterocycles. The predicted octanol–water partition coefficient (Wildman–Crippen LogP) is 3.66. The van der Waals surface area contributed by atoms with Crippen molar-refractivity contribution in [1.82, 2.24) is 10.3 Å². The lowest BCUT2D eigenvalue weighted by molar-refractivity contribution is 0.244. The van der Waals surface area contributed by atoms with Gasteiger partial charge < -0.3 is 5.32 Å². The molecule has 19 heavy (non-hydrogen) atoms. The third-order valence-electron chi connectivity index (χ3n) is 4.70. The van der Waals surface area contributed by atoms with E-state index in [1.54, 1.807) is 0 Å². The Kier molecular flexibility index (Phi) is 3.69. The maximum atomic E-state index is 4.69. The van der Waals surface area contributed by atoms with E-state index in [1.165, 1.54) is 42.9 Å². The van der Waals surface area contributed by atoms with Gasteiger partial charge in [-0.25, -0.2) is 4.98 Å². The Morgan fingerprint density at radius 1 is 1.42 bits per heavy atom. The van der Waals surface area contributed by atoms with E-state index < -0.39 is 0 Å². The highest BCUT2D eigenvalue weighted by atomic mass is 32.1. The molecule has 2 aliphatic carbocycles. The molecule has 1 N–H and O–H groups in total. The average Bonchev–Trinajstić information content (AvgIpc) is 2.75. The zero-order chi connectivity index (χ0) is 13.5. The summed E-state index contributed by atoms with van der Waals surface area (Å²) in [4.78, 5) is 4.69. The van der Waals surface area contributed by atoms with Crippen LogP contribution in [-0.4, -0.2) is 18.1 Å². The van der Waals surface area contributed by atoms with Crippen LogP contribution in [0.15, 0.2) is 5.38 Å². The number of hydrogen-bond donors (Lipinski definition) is 1. The van der Waals surface area contributed by atoms with E-state index in [4.69, 9.17) is 4.98 Å². The molecule has 2 unspecified atom stereocenters. The summed E-state index contributed by atoms with van der Waals surface area (Å²) in [5.74, 6) is 2.83. The molecule has 3 heteroatoms. The van der Waals surface area contributed by atoms with Gasteiger partial charge in [0.1, 0.15) is 0 Å². The molecule has 0 bridgehead atoms. The molecule has 0 saturated heterocycles. The van der Waals surface area contributed by atoms with E-state index in [0.717, 1.165) is 24.3 Å². The smallest absolute Gasteiger partial charge is 0.0934 e. The zero-order valence-electron chi connectivity index (χ0n) is 12.4. The minimum absolute atomic E-state index is 0.507. The highest BCUT2D eigenvalue weighted by Crippen LogP contribution is 2.60. The van der Waals surface area contributed by atoms with E-state index >= 15 is 0 Å². The molecule has 2 nitrogen and oxygen atoms in total. The minimum atomic E-state index is 0.507. The van der Waals surface area contributed by atoms with Crippen molar-refractivity contribution in [3.63, 3.8) is 0 Å². The van der Waals surface area contributed by atoms with E-state index in [9.17, 15) is 0 Å². The van der Waals surface area contributed by atoms with Crippen LogP contribution in [0.1, 0.15) is 43.8 Å². The van der Waals surface area contributed by atoms with Crippen LogP contribution in [-0.2, 0) is 6.42 Å². The Bertz CT molecular complexity index is 428. The van der Waals surface area contributed by atoms with Gasteiger partial charge in [0, 0.05) is 24.0 Å². The summed E-state index contributed by atoms with van der Waals surface area (Å²) in [5.41, 5.74) is 1.70. The fraction of sp³-hybridized carbons (Fsp3) is 0.812. The van der Waals surface area contributed by atoms with Crippen LogP contribution in [0, 0.1) is 30.1 Å². The molecule has 2 atom stereocenters. The van der Waals surface area contributed by atoms with Crippen molar-refractivity contribution in [3.05, 3.63) is 16.1 Å². The molecule has 106 valence electrons. The van der Waals surface area contributed by atoms with Gasteiger partial charge in [0.15, 0.2) is 0 Å². The number of aromatic nitrogens is 1. The molecule has 1 aromatic heterocycles. The highest BCUT2D eigenvalue weighted by Gasteiger charge is 2.53. The summed E-state index contributed by atoms with van der Waals surface area (Å²) in [7, 11) is 0. The number of fused-ring (bicyclic) bond motifs is 1. The van der Waals surface area contributed by atoms with Gasteiger partial charge in [-0.2, -0.15) is 0 Å². The molecule has 1 aromatic rings. The Balaban J connectivity index is 1.63. The molecular weight excluding hydrogens is 252 g/mol.